The fraction of sp³-hybridized carbons (Fsp3) is 0.314. The van der Waals surface area contributed by atoms with Crippen molar-refractivity contribution >= 4 is 50.5 Å². The molecule has 1 aromatic heterocycles. The van der Waals surface area contributed by atoms with Gasteiger partial charge < -0.3 is 35.1 Å². The van der Waals surface area contributed by atoms with Gasteiger partial charge in [-0.1, -0.05) is 47.7 Å². The number of piperazine rings is 1. The number of anilines is 1. The lowest BCUT2D eigenvalue weighted by Crippen LogP contribution is -2.66. The first-order valence-corrected chi connectivity index (χ1v) is 16.8. The Kier molecular flexibility index (Phi) is 10.5. The smallest absolute Gasteiger partial charge is 0.343 e. The zero-order valence-electron chi connectivity index (χ0n) is 28.0. The van der Waals surface area contributed by atoms with Crippen LogP contribution in [0.4, 0.5) is 9.93 Å². The van der Waals surface area contributed by atoms with E-state index in [1.165, 1.54) is 28.4 Å². The van der Waals surface area contributed by atoms with Crippen molar-refractivity contribution in [3.05, 3.63) is 83.4 Å². The third kappa shape index (κ3) is 7.64. The van der Waals surface area contributed by atoms with Crippen molar-refractivity contribution in [2.75, 3.05) is 46.2 Å². The van der Waals surface area contributed by atoms with Gasteiger partial charge in [0.15, 0.2) is 11.7 Å². The van der Waals surface area contributed by atoms with Crippen molar-refractivity contribution in [3.63, 3.8) is 0 Å². The molecule has 51 heavy (non-hydrogen) atoms. The number of ether oxygens (including phenoxy) is 3. The molecular weight excluding hydrogens is 677 g/mol. The highest BCUT2D eigenvalue weighted by Crippen LogP contribution is 2.32. The molecule has 4 amide bonds. The van der Waals surface area contributed by atoms with Crippen molar-refractivity contribution in [3.8, 4) is 17.6 Å². The summed E-state index contributed by atoms with van der Waals surface area (Å²) in [6.45, 7) is -0.354. The van der Waals surface area contributed by atoms with Crippen molar-refractivity contribution in [2.24, 2.45) is 0 Å². The van der Waals surface area contributed by atoms with Gasteiger partial charge in [0.1, 0.15) is 30.3 Å². The average molecular weight is 713 g/mol. The van der Waals surface area contributed by atoms with E-state index in [4.69, 9.17) is 15.2 Å². The van der Waals surface area contributed by atoms with Crippen molar-refractivity contribution in [1.29, 1.82) is 5.26 Å². The van der Waals surface area contributed by atoms with Gasteiger partial charge in [0, 0.05) is 19.5 Å². The highest BCUT2D eigenvalue weighted by molar-refractivity contribution is 7.22. The Labute approximate surface area is 297 Å². The molecule has 2 aliphatic heterocycles. The summed E-state index contributed by atoms with van der Waals surface area (Å²) in [4.78, 5) is 60.9. The predicted molar refractivity (Wildman–Crippen MR) is 186 cm³/mol. The number of amides is 4. The van der Waals surface area contributed by atoms with E-state index in [1.807, 2.05) is 36.4 Å². The number of aromatic nitrogens is 1. The number of nitrogens with one attached hydrogen (secondary N) is 1. The zero-order chi connectivity index (χ0) is 36.1. The molecule has 0 bridgehead atoms. The lowest BCUT2D eigenvalue weighted by Gasteiger charge is -2.46. The summed E-state index contributed by atoms with van der Waals surface area (Å²) in [6, 6.07) is 20.3. The topological polar surface area (TPSA) is 184 Å². The van der Waals surface area contributed by atoms with E-state index in [1.54, 1.807) is 53.4 Å². The summed E-state index contributed by atoms with van der Waals surface area (Å²) in [5, 5.41) is 15.8. The van der Waals surface area contributed by atoms with E-state index in [-0.39, 0.29) is 57.6 Å². The number of nitrogen functional groups attached to an aromatic ring is 1. The SMILES string of the molecule is COC(=O)COc1ccc(C[C@H]2C(=O)N(Cc3cccc4sc(N)nc34)C[C@H]3N2C(=O)CN3N(CC#N)C(=O)NCc2ccc(OC)cc2)cc1. The fourth-order valence-corrected chi connectivity index (χ4v) is 7.03. The number of urea groups is 1. The largest absolute Gasteiger partial charge is 0.497 e. The Morgan fingerprint density at radius 2 is 1.78 bits per heavy atom. The van der Waals surface area contributed by atoms with Crippen LogP contribution in [0.1, 0.15) is 16.7 Å². The van der Waals surface area contributed by atoms with Gasteiger partial charge >= 0.3 is 12.0 Å². The molecule has 6 rings (SSSR count). The number of nitrogens with two attached hydrogens (primary N) is 1. The van der Waals surface area contributed by atoms with Crippen LogP contribution in [-0.2, 0) is 38.6 Å². The molecular formula is C35H36N8O7S. The maximum atomic E-state index is 14.3. The Hall–Kier alpha value is -5.92. The number of carbonyl (C=O) groups is 4. The number of carbonyl (C=O) groups excluding carboxylic acids is 4. The number of hydrogen-bond donors (Lipinski definition) is 2. The summed E-state index contributed by atoms with van der Waals surface area (Å²) < 4.78 is 16.2. The summed E-state index contributed by atoms with van der Waals surface area (Å²) >= 11 is 1.35. The molecule has 2 fully saturated rings. The maximum absolute atomic E-state index is 14.3. The highest BCUT2D eigenvalue weighted by Gasteiger charge is 2.52. The second-order valence-electron chi connectivity index (χ2n) is 11.9. The minimum absolute atomic E-state index is 0.0745. The Balaban J connectivity index is 1.28. The molecule has 15 nitrogen and oxygen atoms in total. The number of thiazole rings is 1. The Morgan fingerprint density at radius 1 is 1.06 bits per heavy atom. The number of nitriles is 1. The van der Waals surface area contributed by atoms with E-state index >= 15 is 0 Å². The van der Waals surface area contributed by atoms with Crippen LogP contribution in [0.5, 0.6) is 11.5 Å². The van der Waals surface area contributed by atoms with Crippen LogP contribution in [0.25, 0.3) is 10.2 Å². The molecule has 0 saturated carbocycles. The van der Waals surface area contributed by atoms with Crippen molar-refractivity contribution in [2.45, 2.75) is 31.7 Å². The first-order valence-electron chi connectivity index (χ1n) is 16.0. The summed E-state index contributed by atoms with van der Waals surface area (Å²) in [7, 11) is 2.84. The molecule has 4 aromatic rings. The fourth-order valence-electron chi connectivity index (χ4n) is 6.25. The first kappa shape index (κ1) is 34.9. The zero-order valence-corrected chi connectivity index (χ0v) is 28.8. The van der Waals surface area contributed by atoms with Gasteiger partial charge in [0.05, 0.1) is 43.6 Å². The predicted octanol–water partition coefficient (Wildman–Crippen LogP) is 2.51. The number of rotatable bonds is 12. The lowest BCUT2D eigenvalue weighted by atomic mass is 9.99. The second-order valence-corrected chi connectivity index (χ2v) is 12.9. The molecule has 16 heteroatoms. The Morgan fingerprint density at radius 3 is 2.49 bits per heavy atom. The summed E-state index contributed by atoms with van der Waals surface area (Å²) in [5.74, 6) is -0.0358. The minimum atomic E-state index is -0.922. The van der Waals surface area contributed by atoms with E-state index in [2.05, 4.69) is 15.0 Å². The molecule has 3 N–H and O–H groups in total. The number of hydrazine groups is 1. The van der Waals surface area contributed by atoms with Crippen LogP contribution >= 0.6 is 11.3 Å². The third-order valence-corrected chi connectivity index (χ3v) is 9.60. The number of esters is 1. The van der Waals surface area contributed by atoms with Crippen LogP contribution in [0.2, 0.25) is 0 Å². The maximum Gasteiger partial charge on any atom is 0.343 e. The van der Waals surface area contributed by atoms with E-state index in [0.29, 0.717) is 22.1 Å². The standard InChI is InChI=1S/C35H36N8O7S/c1-48-25-10-8-23(9-11-25)17-38-35(47)41(15-14-36)42-20-30(44)43-27(16-22-6-12-26(13-7-22)50-21-31(45)49-2)33(46)40(19-29(42)43)18-24-4-3-5-28-32(24)39-34(37)51-28/h3-13,27,29H,15-21H2,1-2H3,(H2,37,39)(H,38,47)/t27-,29+/m0/s1. The van der Waals surface area contributed by atoms with Crippen molar-refractivity contribution in [1.82, 2.24) is 30.1 Å². The van der Waals surface area contributed by atoms with Gasteiger partial charge in [-0.2, -0.15) is 10.3 Å². The number of fused-ring (bicyclic) bond motifs is 2. The second kappa shape index (κ2) is 15.3. The van der Waals surface area contributed by atoms with Gasteiger partial charge in [-0.15, -0.1) is 0 Å². The normalized spacial score (nSPS) is 17.2. The van der Waals surface area contributed by atoms with Crippen LogP contribution in [-0.4, -0.2) is 101 Å². The quantitative estimate of drug-likeness (QED) is 0.163. The molecule has 2 saturated heterocycles. The van der Waals surface area contributed by atoms with E-state index in [0.717, 1.165) is 21.4 Å². The summed E-state index contributed by atoms with van der Waals surface area (Å²) in [5.41, 5.74) is 9.05. The van der Waals surface area contributed by atoms with Crippen LogP contribution in [0.15, 0.2) is 66.7 Å². The number of hydrogen-bond acceptors (Lipinski definition) is 12. The van der Waals surface area contributed by atoms with Gasteiger partial charge in [-0.3, -0.25) is 9.59 Å². The number of benzene rings is 3. The van der Waals surface area contributed by atoms with Gasteiger partial charge in [0.2, 0.25) is 11.8 Å². The molecule has 0 spiro atoms. The molecule has 264 valence electrons. The molecule has 3 aromatic carbocycles. The molecule has 0 unspecified atom stereocenters. The molecule has 2 atom stereocenters. The minimum Gasteiger partial charge on any atom is -0.497 e. The average Bonchev–Trinajstić information content (AvgIpc) is 3.69. The monoisotopic (exact) mass is 712 g/mol. The van der Waals surface area contributed by atoms with E-state index < -0.39 is 24.2 Å². The molecule has 0 aliphatic carbocycles. The molecule has 2 aliphatic rings. The van der Waals surface area contributed by atoms with Gasteiger partial charge in [-0.25, -0.2) is 19.6 Å². The highest BCUT2D eigenvalue weighted by atomic mass is 32.1. The molecule has 3 heterocycles. The van der Waals surface area contributed by atoms with Gasteiger partial charge in [0.25, 0.3) is 0 Å². The van der Waals surface area contributed by atoms with Crippen molar-refractivity contribution < 1.29 is 33.4 Å². The lowest BCUT2D eigenvalue weighted by molar-refractivity contribution is -0.157. The molecule has 0 radical (unpaired) electrons. The third-order valence-electron chi connectivity index (χ3n) is 8.75. The number of methoxy groups -OCH3 is 2. The first-order chi connectivity index (χ1) is 24.7. The Bertz CT molecular complexity index is 1960. The van der Waals surface area contributed by atoms with Gasteiger partial charge in [-0.05, 0) is 47.0 Å². The van der Waals surface area contributed by atoms with E-state index in [9.17, 15) is 24.4 Å². The van der Waals surface area contributed by atoms with Crippen LogP contribution in [0.3, 0.4) is 0 Å². The number of nitrogens with zero attached hydrogens (tertiary/aromatic N) is 6. The summed E-state index contributed by atoms with van der Waals surface area (Å²) in [6.07, 6.45) is -0.582. The van der Waals surface area contributed by atoms with Crippen LogP contribution in [0, 0.1) is 11.3 Å². The van der Waals surface area contributed by atoms with Crippen LogP contribution < -0.4 is 20.5 Å². The number of para-hydroxylation sites is 1.